The Bertz CT molecular complexity index is 1100. The maximum atomic E-state index is 2.74. The Hall–Kier alpha value is -1.72. The van der Waals surface area contributed by atoms with E-state index in [0.717, 1.165) is 0 Å². The Kier molecular flexibility index (Phi) is 8.55. The van der Waals surface area contributed by atoms with Crippen LogP contribution in [0.15, 0.2) is 122 Å². The second kappa shape index (κ2) is 11.4. The molecule has 41 heavy (non-hydrogen) atoms. The Morgan fingerprint density at radius 1 is 0.390 bits per heavy atom. The van der Waals surface area contributed by atoms with Crippen molar-refractivity contribution in [1.82, 2.24) is 0 Å². The summed E-state index contributed by atoms with van der Waals surface area (Å²) in [6.07, 6.45) is 48.9. The second-order valence-electron chi connectivity index (χ2n) is 16.0. The van der Waals surface area contributed by atoms with E-state index in [4.69, 9.17) is 0 Å². The molecule has 0 radical (unpaired) electrons. The molecule has 0 atom stereocenters. The van der Waals surface area contributed by atoms with Crippen LogP contribution in [0.2, 0.25) is 11.4 Å². The van der Waals surface area contributed by atoms with Gasteiger partial charge in [-0.3, -0.25) is 0 Å². The van der Waals surface area contributed by atoms with Crippen molar-refractivity contribution in [2.75, 3.05) is 0 Å². The molecule has 0 aromatic heterocycles. The maximum absolute atomic E-state index is 2.74. The summed E-state index contributed by atoms with van der Waals surface area (Å²) in [7, 11) is 0. The summed E-state index contributed by atoms with van der Waals surface area (Å²) in [5.41, 5.74) is 0.542. The van der Waals surface area contributed by atoms with Crippen LogP contribution in [0.5, 0.6) is 0 Å². The van der Waals surface area contributed by atoms with Crippen LogP contribution in [-0.4, -0.2) is 0 Å². The molecule has 0 nitrogen and oxygen atoms in total. The Labute approximate surface area is 259 Å². The molecule has 0 fully saturated rings. The van der Waals surface area contributed by atoms with Crippen LogP contribution in [0.1, 0.15) is 55.4 Å². The van der Waals surface area contributed by atoms with Gasteiger partial charge in [-0.2, -0.15) is 0 Å². The molecule has 0 aromatic carbocycles. The predicted octanol–water partition coefficient (Wildman–Crippen LogP) is 11.4. The average Bonchev–Trinajstić information content (AvgIpc) is 3.71. The molecule has 0 aromatic rings. The van der Waals surface area contributed by atoms with E-state index in [2.05, 4.69) is 177 Å². The predicted molar refractivity (Wildman–Crippen MR) is 176 cm³/mol. The van der Waals surface area contributed by atoms with Crippen molar-refractivity contribution in [3.05, 3.63) is 122 Å². The number of allylic oxidation sites excluding steroid dienone is 20. The van der Waals surface area contributed by atoms with Gasteiger partial charge in [0.2, 0.25) is 0 Å². The van der Waals surface area contributed by atoms with Gasteiger partial charge in [-0.05, 0) is 0 Å². The first-order valence-corrected chi connectivity index (χ1v) is 20.6. The quantitative estimate of drug-likeness (QED) is 0.227. The molecule has 1 heteroatoms. The van der Waals surface area contributed by atoms with E-state index < -0.39 is 21.8 Å². The normalized spacial score (nSPS) is 21.9. The van der Waals surface area contributed by atoms with Gasteiger partial charge in [-0.15, -0.1) is 0 Å². The Morgan fingerprint density at radius 3 is 0.878 bits per heavy atom. The second-order valence-corrected chi connectivity index (χ2v) is 22.7. The summed E-state index contributed by atoms with van der Waals surface area (Å²) in [5, 5.41) is 0. The first-order valence-electron chi connectivity index (χ1n) is 15.9. The molecule has 5 rings (SSSR count). The van der Waals surface area contributed by atoms with E-state index in [9.17, 15) is 0 Å². The zero-order valence-electron chi connectivity index (χ0n) is 26.8. The molecular weight excluding hydrogens is 572 g/mol. The van der Waals surface area contributed by atoms with Gasteiger partial charge in [0.1, 0.15) is 0 Å². The van der Waals surface area contributed by atoms with Gasteiger partial charge in [0, 0.05) is 0 Å². The zero-order valence-corrected chi connectivity index (χ0v) is 29.3. The molecule has 217 valence electrons. The molecule has 0 spiro atoms. The Morgan fingerprint density at radius 2 is 0.634 bits per heavy atom. The first-order chi connectivity index (χ1) is 19.3. The van der Waals surface area contributed by atoms with Crippen LogP contribution in [0.25, 0.3) is 0 Å². The van der Waals surface area contributed by atoms with Crippen molar-refractivity contribution in [3.63, 3.8) is 0 Å². The molecule has 0 unspecified atom stereocenters. The van der Waals surface area contributed by atoms with Crippen LogP contribution in [0.4, 0.5) is 0 Å². The number of hydrogen-bond acceptors (Lipinski definition) is 0. The molecule has 0 heterocycles. The van der Waals surface area contributed by atoms with E-state index >= 15 is 0 Å². The summed E-state index contributed by atoms with van der Waals surface area (Å²) in [6, 6.07) is 0. The summed E-state index contributed by atoms with van der Waals surface area (Å²) in [5.74, 6) is 1.97. The summed E-state index contributed by atoms with van der Waals surface area (Å²) < 4.78 is 2.93. The summed E-state index contributed by atoms with van der Waals surface area (Å²) in [4.78, 5) is 0. The molecule has 0 amide bonds. The van der Waals surface area contributed by atoms with Gasteiger partial charge in [0.25, 0.3) is 0 Å². The topological polar surface area (TPSA) is 0 Å². The minimum absolute atomic E-state index is 0.0181. The van der Waals surface area contributed by atoms with Crippen LogP contribution in [0.3, 0.4) is 0 Å². The molecule has 0 bridgehead atoms. The van der Waals surface area contributed by atoms with Gasteiger partial charge in [-0.1, -0.05) is 0 Å². The number of hydrogen-bond donors (Lipinski definition) is 0. The third-order valence-electron chi connectivity index (χ3n) is 10.6. The van der Waals surface area contributed by atoms with Gasteiger partial charge in [0.05, 0.1) is 0 Å². The average molecular weight is 625 g/mol. The molecule has 0 saturated carbocycles. The molecule has 5 aliphatic rings. The zero-order chi connectivity index (χ0) is 29.5. The van der Waals surface area contributed by atoms with Crippen molar-refractivity contribution in [2.24, 2.45) is 51.2 Å². The van der Waals surface area contributed by atoms with Crippen molar-refractivity contribution in [3.8, 4) is 0 Å². The molecule has 0 saturated heterocycles. The molecule has 0 N–H and O–H groups in total. The number of rotatable bonds is 10. The third kappa shape index (κ3) is 5.33. The van der Waals surface area contributed by atoms with Gasteiger partial charge in [-0.25, -0.2) is 0 Å². The van der Waals surface area contributed by atoms with Gasteiger partial charge in [0.15, 0.2) is 0 Å². The molecule has 5 aliphatic carbocycles. The first kappa shape index (κ1) is 30.7. The minimum atomic E-state index is -2.40. The Balaban J connectivity index is 1.88. The van der Waals surface area contributed by atoms with E-state index in [-0.39, 0.29) is 14.0 Å². The molecular formula is C40H53Zr. The van der Waals surface area contributed by atoms with Crippen molar-refractivity contribution in [2.45, 2.75) is 66.8 Å². The monoisotopic (exact) mass is 623 g/mol. The van der Waals surface area contributed by atoms with E-state index in [0.29, 0.717) is 40.4 Å². The van der Waals surface area contributed by atoms with Gasteiger partial charge >= 0.3 is 261 Å². The fraction of sp³-hybridized carbons (Fsp3) is 0.500. The van der Waals surface area contributed by atoms with E-state index in [1.165, 1.54) is 8.26 Å². The third-order valence-corrected chi connectivity index (χ3v) is 24.0. The molecule has 0 aliphatic heterocycles. The SMILES string of the molecule is CC(C)(C)[CH2][Zr]([CH2]C(C)(C)C)[C](C1C=CC=C1)(C1C=CC=C1)C(C)(C)C(C1C=CC=C1)(C1C=CC=C1)C1C=CC=C1. The standard InChI is InChI=1S/C30H31.2C5H11.Zr/c1-29(2,28(23-13-3-4-14-23)24-15-5-6-16-24)30(25-17-7-8-18-25,26-19-9-10-20-26)27-21-11-12-22-27;2*1-5(2,3)4;/h3-27H,1-2H3;2*1H2,2-4H3;. The van der Waals surface area contributed by atoms with E-state index in [1.807, 2.05) is 0 Å². The van der Waals surface area contributed by atoms with E-state index in [1.54, 1.807) is 0 Å². The fourth-order valence-electron chi connectivity index (χ4n) is 9.60. The van der Waals surface area contributed by atoms with Gasteiger partial charge < -0.3 is 0 Å². The summed E-state index contributed by atoms with van der Waals surface area (Å²) in [6.45, 7) is 20.5. The van der Waals surface area contributed by atoms with Crippen LogP contribution in [-0.2, 0) is 21.8 Å². The van der Waals surface area contributed by atoms with Crippen LogP contribution >= 0.6 is 0 Å². The summed E-state index contributed by atoms with van der Waals surface area (Å²) >= 11 is -2.40. The van der Waals surface area contributed by atoms with Crippen molar-refractivity contribution >= 4 is 0 Å². The van der Waals surface area contributed by atoms with Crippen molar-refractivity contribution < 1.29 is 21.8 Å². The fourth-order valence-corrected chi connectivity index (χ4v) is 23.6. The van der Waals surface area contributed by atoms with Crippen LogP contribution < -0.4 is 0 Å². The van der Waals surface area contributed by atoms with Crippen LogP contribution in [0, 0.1) is 51.2 Å². The van der Waals surface area contributed by atoms with Crippen molar-refractivity contribution in [1.29, 1.82) is 0 Å².